The molecule has 1 aromatic rings. The first-order valence-corrected chi connectivity index (χ1v) is 8.90. The number of thiazole rings is 1. The molecule has 2 aliphatic rings. The minimum Gasteiger partial charge on any atom is -0.348 e. The molecular weight excluding hydrogens is 266 g/mol. The van der Waals surface area contributed by atoms with Crippen molar-refractivity contribution in [3.05, 3.63) is 10.6 Å². The molecule has 0 radical (unpaired) electrons. The lowest BCUT2D eigenvalue weighted by atomic mass is 9.86. The van der Waals surface area contributed by atoms with Gasteiger partial charge in [0.15, 0.2) is 5.13 Å². The molecule has 20 heavy (non-hydrogen) atoms. The van der Waals surface area contributed by atoms with Crippen molar-refractivity contribution in [2.24, 2.45) is 5.92 Å². The van der Waals surface area contributed by atoms with Gasteiger partial charge in [0.1, 0.15) is 0 Å². The van der Waals surface area contributed by atoms with Crippen LogP contribution in [0.3, 0.4) is 0 Å². The number of rotatable bonds is 3. The molecule has 1 heterocycles. The zero-order valence-electron chi connectivity index (χ0n) is 13.0. The third-order valence-electron chi connectivity index (χ3n) is 5.05. The van der Waals surface area contributed by atoms with Crippen molar-refractivity contribution in [2.75, 3.05) is 19.0 Å². The van der Waals surface area contributed by atoms with Crippen molar-refractivity contribution in [1.82, 2.24) is 10.3 Å². The highest BCUT2D eigenvalue weighted by atomic mass is 32.1. The molecule has 0 amide bonds. The van der Waals surface area contributed by atoms with E-state index < -0.39 is 0 Å². The minimum absolute atomic E-state index is 0.531. The van der Waals surface area contributed by atoms with Crippen LogP contribution in [0.25, 0.3) is 0 Å². The Morgan fingerprint density at radius 3 is 2.85 bits per heavy atom. The molecule has 0 aliphatic heterocycles. The Labute approximate surface area is 126 Å². The van der Waals surface area contributed by atoms with Crippen LogP contribution in [0.2, 0.25) is 0 Å². The van der Waals surface area contributed by atoms with Crippen molar-refractivity contribution < 1.29 is 0 Å². The summed E-state index contributed by atoms with van der Waals surface area (Å²) in [6, 6.07) is 1.23. The maximum atomic E-state index is 4.95. The monoisotopic (exact) mass is 293 g/mol. The fraction of sp³-hybridized carbons (Fsp3) is 0.812. The van der Waals surface area contributed by atoms with E-state index in [1.54, 1.807) is 0 Å². The van der Waals surface area contributed by atoms with Crippen molar-refractivity contribution >= 4 is 16.5 Å². The topological polar surface area (TPSA) is 28.2 Å². The lowest BCUT2D eigenvalue weighted by Gasteiger charge is -2.34. The van der Waals surface area contributed by atoms with Gasteiger partial charge in [-0.1, -0.05) is 31.1 Å². The second-order valence-corrected chi connectivity index (χ2v) is 7.59. The first kappa shape index (κ1) is 14.3. The SMILES string of the molecule is CNC1CCCc2nc(N(C)C3CCCC(C)C3)sc21. The second kappa shape index (κ2) is 6.02. The summed E-state index contributed by atoms with van der Waals surface area (Å²) >= 11 is 1.92. The van der Waals surface area contributed by atoms with Gasteiger partial charge in [-0.2, -0.15) is 0 Å². The number of fused-ring (bicyclic) bond motifs is 1. The van der Waals surface area contributed by atoms with Gasteiger partial charge in [0, 0.05) is 24.0 Å². The normalized spacial score (nSPS) is 30.1. The number of anilines is 1. The molecule has 2 aliphatic carbocycles. The number of aromatic nitrogens is 1. The molecule has 0 aromatic carbocycles. The van der Waals surface area contributed by atoms with Crippen molar-refractivity contribution in [3.63, 3.8) is 0 Å². The molecule has 3 rings (SSSR count). The van der Waals surface area contributed by atoms with Gasteiger partial charge < -0.3 is 10.2 Å². The first-order chi connectivity index (χ1) is 9.69. The van der Waals surface area contributed by atoms with Crippen LogP contribution in [-0.2, 0) is 6.42 Å². The Morgan fingerprint density at radius 2 is 2.10 bits per heavy atom. The van der Waals surface area contributed by atoms with Crippen LogP contribution < -0.4 is 10.2 Å². The second-order valence-electron chi connectivity index (χ2n) is 6.58. The first-order valence-electron chi connectivity index (χ1n) is 8.08. The summed E-state index contributed by atoms with van der Waals surface area (Å²) in [7, 11) is 4.33. The van der Waals surface area contributed by atoms with Crippen LogP contribution in [0.15, 0.2) is 0 Å². The Hall–Kier alpha value is -0.610. The van der Waals surface area contributed by atoms with Gasteiger partial charge in [-0.25, -0.2) is 4.98 Å². The zero-order valence-corrected chi connectivity index (χ0v) is 13.8. The molecule has 0 saturated heterocycles. The lowest BCUT2D eigenvalue weighted by molar-refractivity contribution is 0.336. The average molecular weight is 293 g/mol. The summed E-state index contributed by atoms with van der Waals surface area (Å²) in [6.07, 6.45) is 9.14. The number of aryl methyl sites for hydroxylation is 1. The standard InChI is InChI=1S/C16H27N3S/c1-11-6-4-7-12(10-11)19(3)16-18-14-9-5-8-13(17-2)15(14)20-16/h11-13,17H,4-10H2,1-3H3. The highest BCUT2D eigenvalue weighted by Crippen LogP contribution is 2.39. The highest BCUT2D eigenvalue weighted by Gasteiger charge is 2.28. The average Bonchev–Trinajstić information content (AvgIpc) is 2.90. The smallest absolute Gasteiger partial charge is 0.185 e. The maximum Gasteiger partial charge on any atom is 0.185 e. The van der Waals surface area contributed by atoms with E-state index in [9.17, 15) is 0 Å². The Kier molecular flexibility index (Phi) is 4.32. The maximum absolute atomic E-state index is 4.95. The summed E-state index contributed by atoms with van der Waals surface area (Å²) in [5, 5.41) is 4.70. The van der Waals surface area contributed by atoms with E-state index in [2.05, 4.69) is 31.2 Å². The quantitative estimate of drug-likeness (QED) is 0.920. The lowest BCUT2D eigenvalue weighted by Crippen LogP contribution is -2.35. The van der Waals surface area contributed by atoms with Crippen LogP contribution in [0.5, 0.6) is 0 Å². The Balaban J connectivity index is 1.78. The molecule has 3 atom stereocenters. The van der Waals surface area contributed by atoms with Gasteiger partial charge in [0.25, 0.3) is 0 Å². The van der Waals surface area contributed by atoms with E-state index in [0.29, 0.717) is 12.1 Å². The molecule has 1 fully saturated rings. The number of nitrogens with zero attached hydrogens (tertiary/aromatic N) is 2. The van der Waals surface area contributed by atoms with Crippen LogP contribution in [0, 0.1) is 5.92 Å². The van der Waals surface area contributed by atoms with E-state index in [0.717, 1.165) is 5.92 Å². The third-order valence-corrected chi connectivity index (χ3v) is 6.35. The van der Waals surface area contributed by atoms with Gasteiger partial charge in [0.05, 0.1) is 5.69 Å². The summed E-state index contributed by atoms with van der Waals surface area (Å²) in [5.74, 6) is 0.871. The molecule has 1 saturated carbocycles. The van der Waals surface area contributed by atoms with Crippen LogP contribution in [-0.4, -0.2) is 25.1 Å². The zero-order chi connectivity index (χ0) is 14.1. The van der Waals surface area contributed by atoms with E-state index >= 15 is 0 Å². The highest BCUT2D eigenvalue weighted by molar-refractivity contribution is 7.15. The molecular formula is C16H27N3S. The van der Waals surface area contributed by atoms with E-state index in [4.69, 9.17) is 4.98 Å². The molecule has 112 valence electrons. The fourth-order valence-electron chi connectivity index (χ4n) is 3.74. The van der Waals surface area contributed by atoms with Crippen LogP contribution in [0.1, 0.15) is 62.1 Å². The third kappa shape index (κ3) is 2.73. The van der Waals surface area contributed by atoms with Gasteiger partial charge in [-0.3, -0.25) is 0 Å². The fourth-order valence-corrected chi connectivity index (χ4v) is 5.03. The molecule has 0 spiro atoms. The van der Waals surface area contributed by atoms with Crippen molar-refractivity contribution in [2.45, 2.75) is 64.0 Å². The Morgan fingerprint density at radius 1 is 1.25 bits per heavy atom. The summed E-state index contributed by atoms with van der Waals surface area (Å²) in [5.41, 5.74) is 1.35. The molecule has 1 aromatic heterocycles. The van der Waals surface area contributed by atoms with Gasteiger partial charge in [-0.15, -0.1) is 0 Å². The van der Waals surface area contributed by atoms with E-state index in [1.165, 1.54) is 60.6 Å². The number of nitrogens with one attached hydrogen (secondary N) is 1. The van der Waals surface area contributed by atoms with Crippen LogP contribution >= 0.6 is 11.3 Å². The molecule has 3 unspecified atom stereocenters. The summed E-state index contributed by atoms with van der Waals surface area (Å²) in [4.78, 5) is 8.91. The van der Waals surface area contributed by atoms with E-state index in [-0.39, 0.29) is 0 Å². The van der Waals surface area contributed by atoms with E-state index in [1.807, 2.05) is 11.3 Å². The molecule has 0 bridgehead atoms. The van der Waals surface area contributed by atoms with Gasteiger partial charge in [0.2, 0.25) is 0 Å². The molecule has 3 nitrogen and oxygen atoms in total. The van der Waals surface area contributed by atoms with Crippen molar-refractivity contribution in [1.29, 1.82) is 0 Å². The number of hydrogen-bond acceptors (Lipinski definition) is 4. The van der Waals surface area contributed by atoms with Gasteiger partial charge in [-0.05, 0) is 45.1 Å². The van der Waals surface area contributed by atoms with Crippen LogP contribution in [0.4, 0.5) is 5.13 Å². The predicted octanol–water partition coefficient (Wildman–Crippen LogP) is 3.75. The van der Waals surface area contributed by atoms with Crippen molar-refractivity contribution in [3.8, 4) is 0 Å². The predicted molar refractivity (Wildman–Crippen MR) is 86.7 cm³/mol. The summed E-state index contributed by atoms with van der Waals surface area (Å²) in [6.45, 7) is 2.39. The Bertz CT molecular complexity index is 457. The molecule has 4 heteroatoms. The number of hydrogen-bond donors (Lipinski definition) is 1. The molecule has 1 N–H and O–H groups in total. The largest absolute Gasteiger partial charge is 0.348 e. The minimum atomic E-state index is 0.531. The summed E-state index contributed by atoms with van der Waals surface area (Å²) < 4.78 is 0. The van der Waals surface area contributed by atoms with Gasteiger partial charge >= 0.3 is 0 Å².